The van der Waals surface area contributed by atoms with Crippen LogP contribution in [0.1, 0.15) is 23.5 Å². The predicted molar refractivity (Wildman–Crippen MR) is 63.7 cm³/mol. The van der Waals surface area contributed by atoms with Gasteiger partial charge in [-0.15, -0.1) is 12.4 Å². The van der Waals surface area contributed by atoms with Crippen molar-refractivity contribution in [2.45, 2.75) is 19.3 Å². The van der Waals surface area contributed by atoms with Gasteiger partial charge in [0.15, 0.2) is 0 Å². The summed E-state index contributed by atoms with van der Waals surface area (Å²) in [4.78, 5) is 0. The summed E-state index contributed by atoms with van der Waals surface area (Å²) in [6, 6.07) is 6.41. The average molecular weight is 232 g/mol. The molecule has 0 radical (unpaired) electrons. The first-order valence-electron chi connectivity index (χ1n) is 4.74. The van der Waals surface area contributed by atoms with Crippen molar-refractivity contribution >= 4 is 24.0 Å². The Bertz CT molecular complexity index is 306. The van der Waals surface area contributed by atoms with Crippen molar-refractivity contribution in [3.05, 3.63) is 34.3 Å². The molecule has 1 aromatic rings. The molecule has 14 heavy (non-hydrogen) atoms. The van der Waals surface area contributed by atoms with Crippen LogP contribution >= 0.6 is 24.0 Å². The summed E-state index contributed by atoms with van der Waals surface area (Å²) in [5.41, 5.74) is 2.54. The molecule has 1 saturated heterocycles. The van der Waals surface area contributed by atoms with E-state index in [-0.39, 0.29) is 12.4 Å². The van der Waals surface area contributed by atoms with E-state index in [1.165, 1.54) is 12.0 Å². The Morgan fingerprint density at radius 1 is 1.43 bits per heavy atom. The second-order valence-electron chi connectivity index (χ2n) is 3.70. The van der Waals surface area contributed by atoms with Gasteiger partial charge in [0.1, 0.15) is 0 Å². The maximum absolute atomic E-state index is 6.07. The Balaban J connectivity index is 0.000000980. The van der Waals surface area contributed by atoms with Gasteiger partial charge in [-0.05, 0) is 43.0 Å². The Morgan fingerprint density at radius 2 is 2.21 bits per heavy atom. The van der Waals surface area contributed by atoms with Gasteiger partial charge in [0.05, 0.1) is 0 Å². The Hall–Kier alpha value is -0.240. The molecule has 1 heterocycles. The molecule has 1 aliphatic heterocycles. The van der Waals surface area contributed by atoms with Crippen molar-refractivity contribution in [2.75, 3.05) is 13.1 Å². The highest BCUT2D eigenvalue weighted by Crippen LogP contribution is 2.26. The first-order valence-corrected chi connectivity index (χ1v) is 5.12. The zero-order valence-electron chi connectivity index (χ0n) is 8.22. The molecule has 0 aliphatic carbocycles. The van der Waals surface area contributed by atoms with Gasteiger partial charge in [-0.1, -0.05) is 23.7 Å². The summed E-state index contributed by atoms with van der Waals surface area (Å²) >= 11 is 6.07. The summed E-state index contributed by atoms with van der Waals surface area (Å²) in [7, 11) is 0. The van der Waals surface area contributed by atoms with Crippen LogP contribution in [-0.4, -0.2) is 13.1 Å². The normalized spacial score (nSPS) is 20.6. The predicted octanol–water partition coefficient (Wildman–Crippen LogP) is 3.15. The zero-order valence-corrected chi connectivity index (χ0v) is 9.79. The van der Waals surface area contributed by atoms with Gasteiger partial charge in [-0.2, -0.15) is 0 Å². The molecule has 0 amide bonds. The zero-order chi connectivity index (χ0) is 9.26. The van der Waals surface area contributed by atoms with Gasteiger partial charge >= 0.3 is 0 Å². The van der Waals surface area contributed by atoms with Crippen LogP contribution in [0.2, 0.25) is 5.02 Å². The molecule has 3 heteroatoms. The molecule has 1 unspecified atom stereocenters. The third kappa shape index (κ3) is 2.41. The van der Waals surface area contributed by atoms with E-state index in [1.807, 2.05) is 6.92 Å². The van der Waals surface area contributed by atoms with E-state index in [4.69, 9.17) is 11.6 Å². The van der Waals surface area contributed by atoms with Crippen molar-refractivity contribution in [3.63, 3.8) is 0 Å². The van der Waals surface area contributed by atoms with Crippen LogP contribution in [0.25, 0.3) is 0 Å². The lowest BCUT2D eigenvalue weighted by molar-refractivity contribution is 0.763. The fraction of sp³-hybridized carbons (Fsp3) is 0.455. The van der Waals surface area contributed by atoms with Crippen LogP contribution in [0.4, 0.5) is 0 Å². The lowest BCUT2D eigenvalue weighted by Gasteiger charge is -2.09. The summed E-state index contributed by atoms with van der Waals surface area (Å²) in [5.74, 6) is 0.665. The molecule has 0 aromatic heterocycles. The second-order valence-corrected chi connectivity index (χ2v) is 4.11. The molecule has 78 valence electrons. The molecule has 2 rings (SSSR count). The highest BCUT2D eigenvalue weighted by Gasteiger charge is 2.16. The molecule has 0 bridgehead atoms. The van der Waals surface area contributed by atoms with Crippen molar-refractivity contribution in [1.29, 1.82) is 0 Å². The van der Waals surface area contributed by atoms with Crippen LogP contribution in [0, 0.1) is 6.92 Å². The minimum Gasteiger partial charge on any atom is -0.316 e. The van der Waals surface area contributed by atoms with Gasteiger partial charge in [0, 0.05) is 11.6 Å². The Labute approximate surface area is 96.3 Å². The van der Waals surface area contributed by atoms with Crippen LogP contribution in [0.5, 0.6) is 0 Å². The third-order valence-corrected chi connectivity index (χ3v) is 3.13. The first kappa shape index (κ1) is 11.8. The first-order chi connectivity index (χ1) is 6.27. The molecule has 1 aromatic carbocycles. The fourth-order valence-corrected chi connectivity index (χ4v) is 1.99. The highest BCUT2D eigenvalue weighted by molar-refractivity contribution is 6.31. The summed E-state index contributed by atoms with van der Waals surface area (Å²) < 4.78 is 0. The van der Waals surface area contributed by atoms with Crippen LogP contribution in [-0.2, 0) is 0 Å². The number of rotatable bonds is 1. The molecule has 0 saturated carbocycles. The number of aryl methyl sites for hydroxylation is 1. The smallest absolute Gasteiger partial charge is 0.0438 e. The van der Waals surface area contributed by atoms with Gasteiger partial charge in [0.25, 0.3) is 0 Å². The number of benzene rings is 1. The highest BCUT2D eigenvalue weighted by atomic mass is 35.5. The average Bonchev–Trinajstić information content (AvgIpc) is 2.62. The molecular formula is C11H15Cl2N. The minimum absolute atomic E-state index is 0. The summed E-state index contributed by atoms with van der Waals surface area (Å²) in [6.45, 7) is 4.27. The second kappa shape index (κ2) is 5.01. The van der Waals surface area contributed by atoms with Gasteiger partial charge < -0.3 is 5.32 Å². The largest absolute Gasteiger partial charge is 0.316 e. The van der Waals surface area contributed by atoms with Crippen molar-refractivity contribution < 1.29 is 0 Å². The summed E-state index contributed by atoms with van der Waals surface area (Å²) in [5, 5.41) is 4.25. The quantitative estimate of drug-likeness (QED) is 0.784. The van der Waals surface area contributed by atoms with E-state index in [2.05, 4.69) is 23.5 Å². The third-order valence-electron chi connectivity index (χ3n) is 2.73. The lowest BCUT2D eigenvalue weighted by Crippen LogP contribution is -2.07. The lowest BCUT2D eigenvalue weighted by atomic mass is 9.97. The molecule has 1 nitrogen and oxygen atoms in total. The van der Waals surface area contributed by atoms with Crippen LogP contribution < -0.4 is 5.32 Å². The molecule has 1 aliphatic rings. The van der Waals surface area contributed by atoms with E-state index >= 15 is 0 Å². The van der Waals surface area contributed by atoms with E-state index in [1.54, 1.807) is 0 Å². The van der Waals surface area contributed by atoms with E-state index in [0.717, 1.165) is 23.7 Å². The van der Waals surface area contributed by atoms with Crippen molar-refractivity contribution in [1.82, 2.24) is 5.32 Å². The summed E-state index contributed by atoms with van der Waals surface area (Å²) in [6.07, 6.45) is 1.24. The maximum atomic E-state index is 6.07. The monoisotopic (exact) mass is 231 g/mol. The van der Waals surface area contributed by atoms with E-state index in [9.17, 15) is 0 Å². The molecule has 1 fully saturated rings. The number of halogens is 2. The fourth-order valence-electron chi connectivity index (χ4n) is 1.80. The topological polar surface area (TPSA) is 12.0 Å². The molecule has 1 N–H and O–H groups in total. The Kier molecular flexibility index (Phi) is 4.24. The number of hydrogen-bond acceptors (Lipinski definition) is 1. The maximum Gasteiger partial charge on any atom is 0.0438 e. The number of hydrogen-bond donors (Lipinski definition) is 1. The standard InChI is InChI=1S/C11H14ClN.ClH/c1-8-2-3-9(6-11(8)12)10-4-5-13-7-10;/h2-3,6,10,13H,4-5,7H2,1H3;1H. The minimum atomic E-state index is 0. The van der Waals surface area contributed by atoms with Crippen molar-refractivity contribution in [3.8, 4) is 0 Å². The van der Waals surface area contributed by atoms with Crippen LogP contribution in [0.3, 0.4) is 0 Å². The van der Waals surface area contributed by atoms with E-state index in [0.29, 0.717) is 5.92 Å². The number of nitrogens with one attached hydrogen (secondary N) is 1. The van der Waals surface area contributed by atoms with E-state index < -0.39 is 0 Å². The molecule has 1 atom stereocenters. The van der Waals surface area contributed by atoms with Gasteiger partial charge in [0.2, 0.25) is 0 Å². The Morgan fingerprint density at radius 3 is 2.79 bits per heavy atom. The van der Waals surface area contributed by atoms with Gasteiger partial charge in [-0.3, -0.25) is 0 Å². The van der Waals surface area contributed by atoms with Gasteiger partial charge in [-0.25, -0.2) is 0 Å². The molecule has 0 spiro atoms. The van der Waals surface area contributed by atoms with Crippen molar-refractivity contribution in [2.24, 2.45) is 0 Å². The van der Waals surface area contributed by atoms with Crippen LogP contribution in [0.15, 0.2) is 18.2 Å². The SMILES string of the molecule is Cc1ccc(C2CCNC2)cc1Cl.Cl. The molecular weight excluding hydrogens is 217 g/mol.